The molecule has 0 bridgehead atoms. The number of piperazine rings is 1. The van der Waals surface area contributed by atoms with E-state index in [4.69, 9.17) is 0 Å². The van der Waals surface area contributed by atoms with E-state index in [9.17, 15) is 4.79 Å². The van der Waals surface area contributed by atoms with Crippen LogP contribution in [0.5, 0.6) is 0 Å². The van der Waals surface area contributed by atoms with Gasteiger partial charge >= 0.3 is 0 Å². The molecule has 2 aliphatic heterocycles. The van der Waals surface area contributed by atoms with Gasteiger partial charge in [-0.1, -0.05) is 19.1 Å². The standard InChI is InChI=1S/C22H29N5O/c1-17-5-3-7-19(15-17)25-11-13-26(14-12-25)21-9-8-20(23-24-21)22(28)27-10-4-6-18(2)16-27/h3,5,7-9,15,18H,4,6,10-14,16H2,1-2H3. The SMILES string of the molecule is Cc1cccc(N2CCN(c3ccc(C(=O)N4CCCC(C)C4)nn3)CC2)c1. The van der Waals surface area contributed by atoms with E-state index in [1.165, 1.54) is 17.7 Å². The molecular weight excluding hydrogens is 350 g/mol. The largest absolute Gasteiger partial charge is 0.368 e. The van der Waals surface area contributed by atoms with Gasteiger partial charge in [-0.2, -0.15) is 0 Å². The van der Waals surface area contributed by atoms with Crippen molar-refractivity contribution in [1.29, 1.82) is 0 Å². The summed E-state index contributed by atoms with van der Waals surface area (Å²) < 4.78 is 0. The highest BCUT2D eigenvalue weighted by molar-refractivity contribution is 5.92. The quantitative estimate of drug-likeness (QED) is 0.821. The van der Waals surface area contributed by atoms with Crippen molar-refractivity contribution >= 4 is 17.4 Å². The van der Waals surface area contributed by atoms with Gasteiger partial charge in [-0.3, -0.25) is 4.79 Å². The number of amides is 1. The molecule has 2 fully saturated rings. The highest BCUT2D eigenvalue weighted by atomic mass is 16.2. The van der Waals surface area contributed by atoms with Crippen molar-refractivity contribution in [3.8, 4) is 0 Å². The topological polar surface area (TPSA) is 52.6 Å². The molecule has 6 nitrogen and oxygen atoms in total. The highest BCUT2D eigenvalue weighted by Crippen LogP contribution is 2.21. The number of aryl methyl sites for hydroxylation is 1. The van der Waals surface area contributed by atoms with Crippen LogP contribution in [0.2, 0.25) is 0 Å². The van der Waals surface area contributed by atoms with Gasteiger partial charge in [0, 0.05) is 45.0 Å². The number of benzene rings is 1. The number of anilines is 2. The van der Waals surface area contributed by atoms with E-state index in [-0.39, 0.29) is 5.91 Å². The van der Waals surface area contributed by atoms with Crippen LogP contribution < -0.4 is 9.80 Å². The van der Waals surface area contributed by atoms with Gasteiger partial charge in [0.15, 0.2) is 11.5 Å². The number of hydrogen-bond acceptors (Lipinski definition) is 5. The molecule has 0 aliphatic carbocycles. The molecule has 3 heterocycles. The maximum atomic E-state index is 12.7. The molecule has 1 unspecified atom stereocenters. The van der Waals surface area contributed by atoms with Crippen LogP contribution in [0, 0.1) is 12.8 Å². The average Bonchev–Trinajstić information content (AvgIpc) is 2.73. The Morgan fingerprint density at radius 1 is 1.00 bits per heavy atom. The van der Waals surface area contributed by atoms with E-state index in [2.05, 4.69) is 58.1 Å². The average molecular weight is 380 g/mol. The molecule has 1 aromatic carbocycles. The normalized spacial score (nSPS) is 20.4. The van der Waals surface area contributed by atoms with Gasteiger partial charge in [-0.05, 0) is 55.5 Å². The fourth-order valence-electron chi connectivity index (χ4n) is 4.16. The number of hydrogen-bond donors (Lipinski definition) is 0. The maximum absolute atomic E-state index is 12.7. The van der Waals surface area contributed by atoms with Crippen molar-refractivity contribution in [2.24, 2.45) is 5.92 Å². The third-order valence-corrected chi connectivity index (χ3v) is 5.78. The maximum Gasteiger partial charge on any atom is 0.274 e. The number of carbonyl (C=O) groups is 1. The second kappa shape index (κ2) is 8.17. The van der Waals surface area contributed by atoms with E-state index in [1.807, 2.05) is 17.0 Å². The molecule has 1 aromatic heterocycles. The Morgan fingerprint density at radius 2 is 1.79 bits per heavy atom. The first-order valence-electron chi connectivity index (χ1n) is 10.3. The van der Waals surface area contributed by atoms with Crippen LogP contribution in [0.1, 0.15) is 35.8 Å². The Balaban J connectivity index is 1.36. The van der Waals surface area contributed by atoms with Crippen molar-refractivity contribution in [2.45, 2.75) is 26.7 Å². The minimum absolute atomic E-state index is 0.00914. The van der Waals surface area contributed by atoms with Crippen molar-refractivity contribution in [3.05, 3.63) is 47.7 Å². The summed E-state index contributed by atoms with van der Waals surface area (Å²) in [5.41, 5.74) is 3.02. The number of piperidine rings is 1. The summed E-state index contributed by atoms with van der Waals surface area (Å²) in [6.07, 6.45) is 2.27. The van der Waals surface area contributed by atoms with Gasteiger partial charge in [0.1, 0.15) is 0 Å². The number of aromatic nitrogens is 2. The summed E-state index contributed by atoms with van der Waals surface area (Å²) in [5.74, 6) is 1.43. The molecule has 6 heteroatoms. The molecule has 28 heavy (non-hydrogen) atoms. The summed E-state index contributed by atoms with van der Waals surface area (Å²) in [7, 11) is 0. The first-order valence-corrected chi connectivity index (χ1v) is 10.3. The Bertz CT molecular complexity index is 814. The zero-order valence-corrected chi connectivity index (χ0v) is 16.8. The summed E-state index contributed by atoms with van der Waals surface area (Å²) in [5, 5.41) is 8.61. The molecule has 148 valence electrons. The van der Waals surface area contributed by atoms with Gasteiger partial charge in [-0.25, -0.2) is 0 Å². The Hall–Kier alpha value is -2.63. The lowest BCUT2D eigenvalue weighted by molar-refractivity contribution is 0.0676. The fraction of sp³-hybridized carbons (Fsp3) is 0.500. The van der Waals surface area contributed by atoms with E-state index in [0.29, 0.717) is 11.6 Å². The van der Waals surface area contributed by atoms with E-state index in [0.717, 1.165) is 51.5 Å². The lowest BCUT2D eigenvalue weighted by atomic mass is 10.00. The third kappa shape index (κ3) is 4.11. The minimum Gasteiger partial charge on any atom is -0.368 e. The lowest BCUT2D eigenvalue weighted by Gasteiger charge is -2.36. The first-order chi connectivity index (χ1) is 13.6. The van der Waals surface area contributed by atoms with Crippen LogP contribution in [0.25, 0.3) is 0 Å². The van der Waals surface area contributed by atoms with Gasteiger partial charge in [0.2, 0.25) is 0 Å². The molecule has 2 saturated heterocycles. The van der Waals surface area contributed by atoms with E-state index >= 15 is 0 Å². The summed E-state index contributed by atoms with van der Waals surface area (Å²) in [4.78, 5) is 19.2. The van der Waals surface area contributed by atoms with Crippen LogP contribution in [0.4, 0.5) is 11.5 Å². The van der Waals surface area contributed by atoms with Gasteiger partial charge in [0.05, 0.1) is 0 Å². The summed E-state index contributed by atoms with van der Waals surface area (Å²) >= 11 is 0. The molecule has 0 radical (unpaired) electrons. The fourth-order valence-corrected chi connectivity index (χ4v) is 4.16. The van der Waals surface area contributed by atoms with Crippen molar-refractivity contribution in [1.82, 2.24) is 15.1 Å². The molecule has 2 aliphatic rings. The second-order valence-corrected chi connectivity index (χ2v) is 8.09. The molecule has 0 N–H and O–H groups in total. The Morgan fingerprint density at radius 3 is 2.46 bits per heavy atom. The zero-order valence-electron chi connectivity index (χ0n) is 16.8. The van der Waals surface area contributed by atoms with Gasteiger partial charge in [0.25, 0.3) is 5.91 Å². The van der Waals surface area contributed by atoms with Crippen LogP contribution in [-0.2, 0) is 0 Å². The van der Waals surface area contributed by atoms with Crippen LogP contribution in [-0.4, -0.2) is 60.3 Å². The van der Waals surface area contributed by atoms with Gasteiger partial charge < -0.3 is 14.7 Å². The van der Waals surface area contributed by atoms with Crippen LogP contribution in [0.3, 0.4) is 0 Å². The predicted octanol–water partition coefficient (Wildman–Crippen LogP) is 2.98. The third-order valence-electron chi connectivity index (χ3n) is 5.78. The highest BCUT2D eigenvalue weighted by Gasteiger charge is 2.24. The van der Waals surface area contributed by atoms with Crippen molar-refractivity contribution in [3.63, 3.8) is 0 Å². The Labute approximate surface area is 167 Å². The minimum atomic E-state index is 0.00914. The summed E-state index contributed by atoms with van der Waals surface area (Å²) in [6.45, 7) is 9.69. The second-order valence-electron chi connectivity index (χ2n) is 8.09. The van der Waals surface area contributed by atoms with E-state index in [1.54, 1.807) is 0 Å². The smallest absolute Gasteiger partial charge is 0.274 e. The molecule has 1 atom stereocenters. The number of likely N-dealkylation sites (tertiary alicyclic amines) is 1. The van der Waals surface area contributed by atoms with Crippen LogP contribution in [0.15, 0.2) is 36.4 Å². The van der Waals surface area contributed by atoms with Crippen molar-refractivity contribution in [2.75, 3.05) is 49.1 Å². The summed E-state index contributed by atoms with van der Waals surface area (Å²) in [6, 6.07) is 12.4. The number of nitrogens with zero attached hydrogens (tertiary/aromatic N) is 5. The molecule has 4 rings (SSSR count). The zero-order chi connectivity index (χ0) is 19.5. The number of rotatable bonds is 3. The van der Waals surface area contributed by atoms with Crippen molar-refractivity contribution < 1.29 is 4.79 Å². The van der Waals surface area contributed by atoms with Crippen LogP contribution >= 0.6 is 0 Å². The molecule has 2 aromatic rings. The number of carbonyl (C=O) groups excluding carboxylic acids is 1. The molecule has 1 amide bonds. The Kier molecular flexibility index (Phi) is 5.46. The van der Waals surface area contributed by atoms with Gasteiger partial charge in [-0.15, -0.1) is 10.2 Å². The molecular formula is C22H29N5O. The molecule has 0 saturated carbocycles. The molecule has 0 spiro atoms. The monoisotopic (exact) mass is 379 g/mol. The lowest BCUT2D eigenvalue weighted by Crippen LogP contribution is -2.47. The predicted molar refractivity (Wildman–Crippen MR) is 112 cm³/mol. The first kappa shape index (κ1) is 18.7. The van der Waals surface area contributed by atoms with E-state index < -0.39 is 0 Å².